The normalized spacial score (nSPS) is 12.4. The lowest BCUT2D eigenvalue weighted by Gasteiger charge is -2.15. The van der Waals surface area contributed by atoms with Gasteiger partial charge in [0.15, 0.2) is 0 Å². The topological polar surface area (TPSA) is 50.9 Å². The van der Waals surface area contributed by atoms with Crippen LogP contribution in [-0.4, -0.2) is 4.98 Å². The lowest BCUT2D eigenvalue weighted by Crippen LogP contribution is -2.08. The van der Waals surface area contributed by atoms with E-state index in [2.05, 4.69) is 17.2 Å². The molecule has 2 rings (SSSR count). The van der Waals surface area contributed by atoms with Gasteiger partial charge in [-0.2, -0.15) is 0 Å². The molecule has 1 unspecified atom stereocenters. The van der Waals surface area contributed by atoms with Crippen LogP contribution in [0, 0.1) is 6.92 Å². The van der Waals surface area contributed by atoms with E-state index in [4.69, 9.17) is 17.3 Å². The summed E-state index contributed by atoms with van der Waals surface area (Å²) in [6.07, 6.45) is 1.87. The smallest absolute Gasteiger partial charge is 0.115 e. The first kappa shape index (κ1) is 12.2. The van der Waals surface area contributed by atoms with Gasteiger partial charge in [0.25, 0.3) is 0 Å². The fourth-order valence-corrected chi connectivity index (χ4v) is 2.48. The van der Waals surface area contributed by atoms with Gasteiger partial charge in [-0.3, -0.25) is 0 Å². The monoisotopic (exact) mass is 267 g/mol. The molecule has 2 aromatic rings. The van der Waals surface area contributed by atoms with Crippen molar-refractivity contribution < 1.29 is 0 Å². The average Bonchev–Trinajstić information content (AvgIpc) is 2.72. The number of hydrogen-bond acceptors (Lipinski definition) is 4. The van der Waals surface area contributed by atoms with Crippen molar-refractivity contribution in [3.8, 4) is 0 Å². The Labute approximate surface area is 110 Å². The van der Waals surface area contributed by atoms with Crippen molar-refractivity contribution in [3.05, 3.63) is 39.3 Å². The molecule has 17 heavy (non-hydrogen) atoms. The first-order valence-corrected chi connectivity index (χ1v) is 6.50. The van der Waals surface area contributed by atoms with E-state index in [9.17, 15) is 0 Å². The summed E-state index contributed by atoms with van der Waals surface area (Å²) in [6.45, 7) is 4.10. The van der Waals surface area contributed by atoms with Crippen LogP contribution < -0.4 is 11.1 Å². The van der Waals surface area contributed by atoms with E-state index in [-0.39, 0.29) is 6.04 Å². The lowest BCUT2D eigenvalue weighted by atomic mass is 10.2. The van der Waals surface area contributed by atoms with Crippen LogP contribution in [0.15, 0.2) is 24.4 Å². The summed E-state index contributed by atoms with van der Waals surface area (Å²) in [6, 6.07) is 5.69. The highest BCUT2D eigenvalue weighted by Crippen LogP contribution is 2.30. The fourth-order valence-electron chi connectivity index (χ4n) is 1.53. The van der Waals surface area contributed by atoms with Crippen LogP contribution >= 0.6 is 22.9 Å². The van der Waals surface area contributed by atoms with Crippen molar-refractivity contribution in [1.29, 1.82) is 0 Å². The maximum absolute atomic E-state index is 5.97. The lowest BCUT2D eigenvalue weighted by molar-refractivity contribution is 0.870. The maximum atomic E-state index is 5.97. The molecule has 0 saturated carbocycles. The van der Waals surface area contributed by atoms with Crippen LogP contribution in [-0.2, 0) is 0 Å². The Morgan fingerprint density at radius 1 is 1.47 bits per heavy atom. The second-order valence-corrected chi connectivity index (χ2v) is 5.55. The van der Waals surface area contributed by atoms with E-state index in [0.29, 0.717) is 10.7 Å². The highest BCUT2D eigenvalue weighted by molar-refractivity contribution is 7.11. The molecule has 0 spiro atoms. The van der Waals surface area contributed by atoms with Crippen molar-refractivity contribution in [2.45, 2.75) is 19.9 Å². The Morgan fingerprint density at radius 3 is 2.88 bits per heavy atom. The number of thiazole rings is 1. The molecule has 1 aromatic heterocycles. The number of anilines is 2. The molecule has 1 atom stereocenters. The first-order chi connectivity index (χ1) is 8.08. The third-order valence-electron chi connectivity index (χ3n) is 2.43. The summed E-state index contributed by atoms with van der Waals surface area (Å²) in [5.41, 5.74) is 7.33. The number of aryl methyl sites for hydroxylation is 1. The van der Waals surface area contributed by atoms with E-state index >= 15 is 0 Å². The highest BCUT2D eigenvalue weighted by Gasteiger charge is 2.11. The summed E-state index contributed by atoms with van der Waals surface area (Å²) in [7, 11) is 0. The minimum atomic E-state index is 0.120. The van der Waals surface area contributed by atoms with E-state index in [1.54, 1.807) is 17.4 Å². The zero-order valence-electron chi connectivity index (χ0n) is 9.70. The Hall–Kier alpha value is -1.26. The van der Waals surface area contributed by atoms with Gasteiger partial charge < -0.3 is 11.1 Å². The van der Waals surface area contributed by atoms with Gasteiger partial charge in [0.1, 0.15) is 5.01 Å². The molecule has 0 radical (unpaired) electrons. The minimum Gasteiger partial charge on any atom is -0.396 e. The minimum absolute atomic E-state index is 0.120. The number of rotatable bonds is 3. The zero-order chi connectivity index (χ0) is 12.4. The van der Waals surface area contributed by atoms with Crippen LogP contribution in [0.2, 0.25) is 5.02 Å². The largest absolute Gasteiger partial charge is 0.396 e. The van der Waals surface area contributed by atoms with Gasteiger partial charge in [0.05, 0.1) is 22.4 Å². The second-order valence-electron chi connectivity index (χ2n) is 3.88. The summed E-state index contributed by atoms with van der Waals surface area (Å²) in [5.74, 6) is 0. The molecule has 3 N–H and O–H groups in total. The van der Waals surface area contributed by atoms with Gasteiger partial charge in [-0.1, -0.05) is 17.7 Å². The van der Waals surface area contributed by atoms with Crippen molar-refractivity contribution in [2.75, 3.05) is 11.1 Å². The van der Waals surface area contributed by atoms with Crippen LogP contribution in [0.1, 0.15) is 22.9 Å². The maximum Gasteiger partial charge on any atom is 0.115 e. The Kier molecular flexibility index (Phi) is 3.54. The average molecular weight is 268 g/mol. The number of nitrogen functional groups attached to an aromatic ring is 1. The summed E-state index contributed by atoms with van der Waals surface area (Å²) in [4.78, 5) is 5.55. The van der Waals surface area contributed by atoms with Crippen LogP contribution in [0.3, 0.4) is 0 Å². The number of hydrogen-bond donors (Lipinski definition) is 2. The standard InChI is InChI=1S/C12H14ClN3S/c1-7-6-15-12(17-7)8(2)16-10-5-3-4-9(13)11(10)14/h3-6,8,16H,14H2,1-2H3. The third kappa shape index (κ3) is 2.70. The molecule has 5 heteroatoms. The number of nitrogens with two attached hydrogens (primary N) is 1. The number of halogens is 1. The first-order valence-electron chi connectivity index (χ1n) is 5.31. The molecule has 0 aliphatic rings. The van der Waals surface area contributed by atoms with E-state index in [0.717, 1.165) is 10.7 Å². The molecule has 3 nitrogen and oxygen atoms in total. The van der Waals surface area contributed by atoms with Gasteiger partial charge >= 0.3 is 0 Å². The van der Waals surface area contributed by atoms with Gasteiger partial charge in [0, 0.05) is 11.1 Å². The fraction of sp³-hybridized carbons (Fsp3) is 0.250. The van der Waals surface area contributed by atoms with E-state index in [1.165, 1.54) is 4.88 Å². The second kappa shape index (κ2) is 4.94. The number of aromatic nitrogens is 1. The van der Waals surface area contributed by atoms with E-state index in [1.807, 2.05) is 25.3 Å². The van der Waals surface area contributed by atoms with Crippen LogP contribution in [0.25, 0.3) is 0 Å². The van der Waals surface area contributed by atoms with Crippen molar-refractivity contribution in [2.24, 2.45) is 0 Å². The van der Waals surface area contributed by atoms with Crippen molar-refractivity contribution in [3.63, 3.8) is 0 Å². The van der Waals surface area contributed by atoms with Crippen molar-refractivity contribution >= 4 is 34.3 Å². The number of benzene rings is 1. The number of nitrogens with zero attached hydrogens (tertiary/aromatic N) is 1. The molecule has 0 saturated heterocycles. The van der Waals surface area contributed by atoms with Gasteiger partial charge in [-0.25, -0.2) is 4.98 Å². The zero-order valence-corrected chi connectivity index (χ0v) is 11.3. The quantitative estimate of drug-likeness (QED) is 0.831. The molecule has 0 amide bonds. The molecule has 0 aliphatic heterocycles. The molecule has 0 aliphatic carbocycles. The van der Waals surface area contributed by atoms with Gasteiger partial charge in [0.2, 0.25) is 0 Å². The molecular weight excluding hydrogens is 254 g/mol. The summed E-state index contributed by atoms with van der Waals surface area (Å²) >= 11 is 7.65. The Bertz CT molecular complexity index is 524. The molecule has 90 valence electrons. The van der Waals surface area contributed by atoms with Crippen LogP contribution in [0.4, 0.5) is 11.4 Å². The molecule has 1 heterocycles. The van der Waals surface area contributed by atoms with Crippen LogP contribution in [0.5, 0.6) is 0 Å². The third-order valence-corrected chi connectivity index (χ3v) is 3.86. The SMILES string of the molecule is Cc1cnc(C(C)Nc2cccc(Cl)c2N)s1. The molecule has 1 aromatic carbocycles. The molecule has 0 fully saturated rings. The number of nitrogens with one attached hydrogen (secondary N) is 1. The van der Waals surface area contributed by atoms with E-state index < -0.39 is 0 Å². The Balaban J connectivity index is 2.18. The predicted molar refractivity (Wildman–Crippen MR) is 74.8 cm³/mol. The highest BCUT2D eigenvalue weighted by atomic mass is 35.5. The number of para-hydroxylation sites is 1. The molecular formula is C12H14ClN3S. The summed E-state index contributed by atoms with van der Waals surface area (Å²) in [5, 5.41) is 4.93. The van der Waals surface area contributed by atoms with Gasteiger partial charge in [-0.05, 0) is 26.0 Å². The predicted octanol–water partition coefficient (Wildman–Crippen LogP) is 3.86. The summed E-state index contributed by atoms with van der Waals surface area (Å²) < 4.78 is 0. The Morgan fingerprint density at radius 2 is 2.24 bits per heavy atom. The van der Waals surface area contributed by atoms with Gasteiger partial charge in [-0.15, -0.1) is 11.3 Å². The van der Waals surface area contributed by atoms with Crippen molar-refractivity contribution in [1.82, 2.24) is 4.98 Å². The molecule has 0 bridgehead atoms.